The van der Waals surface area contributed by atoms with Gasteiger partial charge in [0.1, 0.15) is 12.6 Å². The number of rotatable bonds is 5. The number of ether oxygens (including phenoxy) is 2. The lowest BCUT2D eigenvalue weighted by atomic mass is 10.0. The number of hydrogen-bond acceptors (Lipinski definition) is 5. The first-order valence-corrected chi connectivity index (χ1v) is 12.6. The Labute approximate surface area is 169 Å². The summed E-state index contributed by atoms with van der Waals surface area (Å²) in [5.74, 6) is -0.614. The van der Waals surface area contributed by atoms with Gasteiger partial charge in [-0.1, -0.05) is 58.0 Å². The second-order valence-corrected chi connectivity index (χ2v) is 13.7. The number of nitrogens with zero attached hydrogens (tertiary/aromatic N) is 1. The number of methoxy groups -OCH3 is 1. The minimum absolute atomic E-state index is 0.0364. The zero-order valence-electron chi connectivity index (χ0n) is 18.0. The summed E-state index contributed by atoms with van der Waals surface area (Å²) in [6.45, 7) is 13.3. The van der Waals surface area contributed by atoms with E-state index >= 15 is 0 Å². The molecule has 1 aliphatic heterocycles. The minimum Gasteiger partial charge on any atom is -0.467 e. The molecule has 0 spiro atoms. The third-order valence-electron chi connectivity index (χ3n) is 5.93. The standard InChI is InChI=1S/C21H33NO5Si/c1-15-17(27-28(6,7)21(2,3)4)13-22(18(15)19(23)25-5)20(24)26-14-16-11-9-8-10-12-16/h8-12,15,17-18H,13-14H2,1-7H3/t15-,17+,18-/m0/s1. The molecule has 0 aliphatic carbocycles. The number of hydrogen-bond donors (Lipinski definition) is 0. The van der Waals surface area contributed by atoms with Crippen molar-refractivity contribution in [2.24, 2.45) is 5.92 Å². The highest BCUT2D eigenvalue weighted by Crippen LogP contribution is 2.40. The molecule has 0 aromatic heterocycles. The number of carbonyl (C=O) groups is 2. The van der Waals surface area contributed by atoms with Gasteiger partial charge in [0.2, 0.25) is 0 Å². The Bertz CT molecular complexity index is 686. The number of carbonyl (C=O) groups excluding carboxylic acids is 2. The SMILES string of the molecule is COC(=O)[C@@H]1[C@@H](C)[C@H](O[Si](C)(C)C(C)(C)C)CN1C(=O)OCc1ccccc1. The monoisotopic (exact) mass is 407 g/mol. The molecule has 0 N–H and O–H groups in total. The van der Waals surface area contributed by atoms with Crippen LogP contribution in [0, 0.1) is 5.92 Å². The van der Waals surface area contributed by atoms with E-state index in [0.29, 0.717) is 6.54 Å². The molecule has 156 valence electrons. The predicted molar refractivity (Wildman–Crippen MR) is 110 cm³/mol. The van der Waals surface area contributed by atoms with E-state index in [-0.39, 0.29) is 23.7 Å². The van der Waals surface area contributed by atoms with Crippen molar-refractivity contribution in [3.05, 3.63) is 35.9 Å². The molecule has 2 rings (SSSR count). The first-order chi connectivity index (χ1) is 13.0. The van der Waals surface area contributed by atoms with E-state index in [1.54, 1.807) is 0 Å². The van der Waals surface area contributed by atoms with Crippen molar-refractivity contribution >= 4 is 20.4 Å². The molecule has 0 saturated carbocycles. The van der Waals surface area contributed by atoms with E-state index in [4.69, 9.17) is 13.9 Å². The van der Waals surface area contributed by atoms with Gasteiger partial charge in [0.05, 0.1) is 19.8 Å². The van der Waals surface area contributed by atoms with Crippen LogP contribution in [-0.2, 0) is 25.3 Å². The molecule has 1 saturated heterocycles. The van der Waals surface area contributed by atoms with E-state index in [0.717, 1.165) is 5.56 Å². The first kappa shape index (κ1) is 22.4. The Kier molecular flexibility index (Phi) is 6.93. The van der Waals surface area contributed by atoms with Crippen molar-refractivity contribution in [2.45, 2.75) is 64.6 Å². The van der Waals surface area contributed by atoms with Crippen molar-refractivity contribution < 1.29 is 23.5 Å². The summed E-state index contributed by atoms with van der Waals surface area (Å²) in [4.78, 5) is 26.6. The van der Waals surface area contributed by atoms with Gasteiger partial charge < -0.3 is 13.9 Å². The molecule has 1 aromatic carbocycles. The van der Waals surface area contributed by atoms with E-state index in [2.05, 4.69) is 33.9 Å². The fraction of sp³-hybridized carbons (Fsp3) is 0.619. The van der Waals surface area contributed by atoms with Gasteiger partial charge >= 0.3 is 12.1 Å². The Morgan fingerprint density at radius 2 is 1.79 bits per heavy atom. The van der Waals surface area contributed by atoms with Crippen LogP contribution in [0.2, 0.25) is 18.1 Å². The van der Waals surface area contributed by atoms with Crippen molar-refractivity contribution in [2.75, 3.05) is 13.7 Å². The number of benzene rings is 1. The van der Waals surface area contributed by atoms with Crippen LogP contribution in [0.3, 0.4) is 0 Å². The lowest BCUT2D eigenvalue weighted by Gasteiger charge is -2.39. The van der Waals surface area contributed by atoms with Gasteiger partial charge in [0.25, 0.3) is 0 Å². The Balaban J connectivity index is 2.14. The second-order valence-electron chi connectivity index (χ2n) is 8.94. The summed E-state index contributed by atoms with van der Waals surface area (Å²) in [6, 6.07) is 8.76. The van der Waals surface area contributed by atoms with Crippen LogP contribution >= 0.6 is 0 Å². The second kappa shape index (κ2) is 8.65. The Morgan fingerprint density at radius 1 is 1.18 bits per heavy atom. The molecular formula is C21H33NO5Si. The predicted octanol–water partition coefficient (Wildman–Crippen LogP) is 4.21. The van der Waals surface area contributed by atoms with E-state index < -0.39 is 26.4 Å². The van der Waals surface area contributed by atoms with E-state index in [1.807, 2.05) is 37.3 Å². The summed E-state index contributed by atoms with van der Waals surface area (Å²) in [5, 5.41) is 0.0364. The lowest BCUT2D eigenvalue weighted by molar-refractivity contribution is -0.146. The Morgan fingerprint density at radius 3 is 2.32 bits per heavy atom. The highest BCUT2D eigenvalue weighted by molar-refractivity contribution is 6.74. The molecule has 0 radical (unpaired) electrons. The van der Waals surface area contributed by atoms with Crippen LogP contribution in [-0.4, -0.2) is 51.1 Å². The molecule has 0 bridgehead atoms. The molecule has 1 amide bonds. The third-order valence-corrected chi connectivity index (χ3v) is 10.4. The van der Waals surface area contributed by atoms with Crippen molar-refractivity contribution in [3.63, 3.8) is 0 Å². The lowest BCUT2D eigenvalue weighted by Crippen LogP contribution is -2.46. The van der Waals surface area contributed by atoms with Crippen molar-refractivity contribution in [1.29, 1.82) is 0 Å². The summed E-state index contributed by atoms with van der Waals surface area (Å²) in [6.07, 6.45) is -0.748. The molecular weight excluding hydrogens is 374 g/mol. The summed E-state index contributed by atoms with van der Waals surface area (Å²) >= 11 is 0. The van der Waals surface area contributed by atoms with Crippen LogP contribution in [0.15, 0.2) is 30.3 Å². The highest BCUT2D eigenvalue weighted by Gasteiger charge is 2.50. The zero-order valence-corrected chi connectivity index (χ0v) is 19.0. The maximum Gasteiger partial charge on any atom is 0.410 e. The smallest absolute Gasteiger partial charge is 0.410 e. The van der Waals surface area contributed by atoms with Gasteiger partial charge in [-0.05, 0) is 23.7 Å². The fourth-order valence-corrected chi connectivity index (χ4v) is 4.51. The molecule has 1 fully saturated rings. The number of esters is 1. The number of amides is 1. The van der Waals surface area contributed by atoms with Crippen LogP contribution in [0.25, 0.3) is 0 Å². The van der Waals surface area contributed by atoms with Crippen LogP contribution in [0.4, 0.5) is 4.79 Å². The fourth-order valence-electron chi connectivity index (χ4n) is 3.11. The highest BCUT2D eigenvalue weighted by atomic mass is 28.4. The average Bonchev–Trinajstić information content (AvgIpc) is 2.95. The molecule has 6 nitrogen and oxygen atoms in total. The maximum atomic E-state index is 12.8. The van der Waals surface area contributed by atoms with Gasteiger partial charge in [-0.3, -0.25) is 4.90 Å². The largest absolute Gasteiger partial charge is 0.467 e. The van der Waals surface area contributed by atoms with Crippen molar-refractivity contribution in [1.82, 2.24) is 4.90 Å². The molecule has 7 heteroatoms. The quantitative estimate of drug-likeness (QED) is 0.540. The van der Waals surface area contributed by atoms with Gasteiger partial charge in [0.15, 0.2) is 8.32 Å². The van der Waals surface area contributed by atoms with Gasteiger partial charge in [-0.15, -0.1) is 0 Å². The van der Waals surface area contributed by atoms with Gasteiger partial charge in [0, 0.05) is 5.92 Å². The average molecular weight is 408 g/mol. The zero-order chi connectivity index (χ0) is 21.1. The summed E-state index contributed by atoms with van der Waals surface area (Å²) < 4.78 is 17.0. The summed E-state index contributed by atoms with van der Waals surface area (Å²) in [7, 11) is -0.715. The van der Waals surface area contributed by atoms with E-state index in [1.165, 1.54) is 12.0 Å². The molecule has 3 atom stereocenters. The van der Waals surface area contributed by atoms with Gasteiger partial charge in [-0.25, -0.2) is 9.59 Å². The molecule has 1 aliphatic rings. The summed E-state index contributed by atoms with van der Waals surface area (Å²) in [5.41, 5.74) is 0.895. The molecule has 0 unspecified atom stereocenters. The molecule has 1 heterocycles. The molecule has 1 aromatic rings. The topological polar surface area (TPSA) is 65.1 Å². The van der Waals surface area contributed by atoms with Crippen LogP contribution < -0.4 is 0 Å². The Hall–Kier alpha value is -1.86. The minimum atomic E-state index is -2.05. The molecule has 28 heavy (non-hydrogen) atoms. The number of likely N-dealkylation sites (tertiary alicyclic amines) is 1. The van der Waals surface area contributed by atoms with E-state index in [9.17, 15) is 9.59 Å². The van der Waals surface area contributed by atoms with Crippen molar-refractivity contribution in [3.8, 4) is 0 Å². The normalized spacial score (nSPS) is 22.8. The third kappa shape index (κ3) is 4.94. The van der Waals surface area contributed by atoms with Gasteiger partial charge in [-0.2, -0.15) is 0 Å². The first-order valence-electron chi connectivity index (χ1n) is 9.71. The maximum absolute atomic E-state index is 12.8. The van der Waals surface area contributed by atoms with Crippen LogP contribution in [0.5, 0.6) is 0 Å². The van der Waals surface area contributed by atoms with Crippen LogP contribution in [0.1, 0.15) is 33.3 Å².